The van der Waals surface area contributed by atoms with Crippen molar-refractivity contribution >= 4 is 17.8 Å². The Bertz CT molecular complexity index is 985. The number of carboxylic acids is 1. The first-order chi connectivity index (χ1) is 16.7. The highest BCUT2D eigenvalue weighted by Gasteiger charge is 2.69. The van der Waals surface area contributed by atoms with Gasteiger partial charge in [-0.2, -0.15) is 0 Å². The highest BCUT2D eigenvalue weighted by molar-refractivity contribution is 5.84. The molecular formula is C24H34N4O7. The van der Waals surface area contributed by atoms with E-state index < -0.39 is 29.7 Å². The zero-order chi connectivity index (χ0) is 24.8. The molecule has 4 saturated heterocycles. The number of ether oxygens (including phenoxy) is 2. The summed E-state index contributed by atoms with van der Waals surface area (Å²) < 4.78 is 12.6. The number of aromatic nitrogens is 2. The van der Waals surface area contributed by atoms with Crippen LogP contribution >= 0.6 is 0 Å². The third-order valence-electron chi connectivity index (χ3n) is 8.22. The molecule has 5 fully saturated rings. The molecule has 1 saturated carbocycles. The van der Waals surface area contributed by atoms with Crippen molar-refractivity contribution in [2.45, 2.75) is 83.0 Å². The molecule has 3 N–H and O–H groups in total. The van der Waals surface area contributed by atoms with Crippen molar-refractivity contribution in [3.05, 3.63) is 18.2 Å². The van der Waals surface area contributed by atoms with E-state index in [4.69, 9.17) is 19.2 Å². The number of rotatable bonds is 7. The Labute approximate surface area is 203 Å². The average Bonchev–Trinajstić information content (AvgIpc) is 3.22. The number of hydrogen-bond acceptors (Lipinski definition) is 8. The van der Waals surface area contributed by atoms with Crippen LogP contribution in [0.25, 0.3) is 0 Å². The van der Waals surface area contributed by atoms with Gasteiger partial charge in [0.15, 0.2) is 11.5 Å². The lowest BCUT2D eigenvalue weighted by Crippen LogP contribution is -2.69. The lowest BCUT2D eigenvalue weighted by Gasteiger charge is -2.58. The van der Waals surface area contributed by atoms with Crippen LogP contribution in [-0.2, 0) is 35.3 Å². The molecule has 5 heterocycles. The minimum absolute atomic E-state index is 0.0221. The van der Waals surface area contributed by atoms with Gasteiger partial charge in [-0.3, -0.25) is 9.79 Å². The van der Waals surface area contributed by atoms with E-state index in [-0.39, 0.29) is 43.0 Å². The van der Waals surface area contributed by atoms with E-state index in [9.17, 15) is 14.7 Å². The minimum Gasteiger partial charge on any atom is -0.480 e. The van der Waals surface area contributed by atoms with Crippen molar-refractivity contribution in [2.24, 2.45) is 28.7 Å². The first kappa shape index (κ1) is 24.2. The normalized spacial score (nSPS) is 39.9. The van der Waals surface area contributed by atoms with Gasteiger partial charge in [0.25, 0.3) is 0 Å². The summed E-state index contributed by atoms with van der Waals surface area (Å²) in [7, 11) is 0. The molecule has 0 radical (unpaired) electrons. The molecule has 5 aliphatic rings. The summed E-state index contributed by atoms with van der Waals surface area (Å²) in [6.07, 6.45) is 6.30. The molecule has 1 aromatic rings. The second kappa shape index (κ2) is 9.18. The van der Waals surface area contributed by atoms with Crippen molar-refractivity contribution in [3.63, 3.8) is 0 Å². The molecule has 1 aliphatic carbocycles. The smallest absolute Gasteiger partial charge is 0.326 e. The summed E-state index contributed by atoms with van der Waals surface area (Å²) in [6, 6.07) is -1.05. The van der Waals surface area contributed by atoms with Gasteiger partial charge in [0, 0.05) is 48.9 Å². The van der Waals surface area contributed by atoms with Gasteiger partial charge in [-0.1, -0.05) is 13.8 Å². The molecule has 0 aromatic carbocycles. The number of hydrogen-bond donors (Lipinski definition) is 3. The Balaban J connectivity index is 1.26. The van der Waals surface area contributed by atoms with Crippen molar-refractivity contribution in [1.29, 1.82) is 0 Å². The number of imidazole rings is 1. The van der Waals surface area contributed by atoms with E-state index in [0.717, 1.165) is 25.7 Å². The summed E-state index contributed by atoms with van der Waals surface area (Å²) in [4.78, 5) is 47.3. The van der Waals surface area contributed by atoms with Crippen LogP contribution in [-0.4, -0.2) is 63.1 Å². The number of nitrogens with one attached hydrogen (secondary N) is 2. The summed E-state index contributed by atoms with van der Waals surface area (Å²) in [5.74, 6) is -0.943. The Hall–Kier alpha value is -2.50. The predicted molar refractivity (Wildman–Crippen MR) is 122 cm³/mol. The van der Waals surface area contributed by atoms with Crippen LogP contribution in [0, 0.1) is 23.7 Å². The van der Waals surface area contributed by atoms with Crippen LogP contribution in [0.4, 0.5) is 0 Å². The molecule has 8 unspecified atom stereocenters. The lowest BCUT2D eigenvalue weighted by molar-refractivity contribution is -0.557. The van der Waals surface area contributed by atoms with Crippen molar-refractivity contribution in [2.75, 3.05) is 6.54 Å². The first-order valence-electron chi connectivity index (χ1n) is 12.5. The van der Waals surface area contributed by atoms with Gasteiger partial charge in [0.2, 0.25) is 18.0 Å². The SMILES string of the molecule is CC1CCC2C(C)/C(=N/CCC(=O)NC(Cc3cnc[nH]3)C(=O)O)OC3OC4(C)CCC1C32OO4. The third-order valence-corrected chi connectivity index (χ3v) is 8.22. The van der Waals surface area contributed by atoms with E-state index in [2.05, 4.69) is 34.1 Å². The molecule has 1 amide bonds. The zero-order valence-corrected chi connectivity index (χ0v) is 20.4. The number of amides is 1. The molecule has 6 rings (SSSR count). The number of H-pyrrole nitrogens is 1. The molecule has 1 spiro atoms. The first-order valence-corrected chi connectivity index (χ1v) is 12.5. The maximum Gasteiger partial charge on any atom is 0.326 e. The number of carbonyl (C=O) groups excluding carboxylic acids is 1. The zero-order valence-electron chi connectivity index (χ0n) is 20.4. The fraction of sp³-hybridized carbons (Fsp3) is 0.750. The minimum atomic E-state index is -1.11. The van der Waals surface area contributed by atoms with Gasteiger partial charge >= 0.3 is 5.97 Å². The van der Waals surface area contributed by atoms with E-state index in [1.807, 2.05) is 6.92 Å². The van der Waals surface area contributed by atoms with Crippen LogP contribution in [0.3, 0.4) is 0 Å². The molecule has 1 aromatic heterocycles. The van der Waals surface area contributed by atoms with E-state index in [1.54, 1.807) is 0 Å². The van der Waals surface area contributed by atoms with Crippen LogP contribution in [0.5, 0.6) is 0 Å². The van der Waals surface area contributed by atoms with Crippen LogP contribution in [0.2, 0.25) is 0 Å². The topological polar surface area (TPSA) is 144 Å². The molecule has 11 nitrogen and oxygen atoms in total. The lowest BCUT2D eigenvalue weighted by atomic mass is 9.58. The fourth-order valence-electron chi connectivity index (χ4n) is 6.31. The van der Waals surface area contributed by atoms with E-state index in [0.29, 0.717) is 17.5 Å². The number of aliphatic imine (C=N–C) groups is 1. The van der Waals surface area contributed by atoms with Gasteiger partial charge in [0.1, 0.15) is 6.04 Å². The Morgan fingerprint density at radius 3 is 2.86 bits per heavy atom. The molecule has 8 atom stereocenters. The van der Waals surface area contributed by atoms with Crippen LogP contribution in [0.1, 0.15) is 58.6 Å². The highest BCUT2D eigenvalue weighted by atomic mass is 17.3. The van der Waals surface area contributed by atoms with Gasteiger partial charge in [-0.15, -0.1) is 0 Å². The number of fused-ring (bicyclic) bond motifs is 2. The molecule has 35 heavy (non-hydrogen) atoms. The number of aromatic amines is 1. The average molecular weight is 491 g/mol. The van der Waals surface area contributed by atoms with Gasteiger partial charge < -0.3 is 24.9 Å². The Morgan fingerprint density at radius 2 is 2.11 bits per heavy atom. The largest absolute Gasteiger partial charge is 0.480 e. The number of nitrogens with zero attached hydrogens (tertiary/aromatic N) is 2. The standard InChI is InChI=1S/C24H34N4O7/c1-13-4-5-17-14(2)20(32-22-24(17)16(13)6-8-23(3,33-22)34-35-24)26-9-7-19(29)28-18(21(30)31)10-15-11-25-12-27-15/h11-14,16-18,22H,4-10H2,1-3H3,(H,25,27)(H,28,29)(H,30,31)/b26-20-. The third kappa shape index (κ3) is 4.34. The second-order valence-corrected chi connectivity index (χ2v) is 10.5. The maximum atomic E-state index is 12.5. The molecule has 2 bridgehead atoms. The molecule has 11 heteroatoms. The number of aliphatic carboxylic acids is 1. The Morgan fingerprint density at radius 1 is 1.29 bits per heavy atom. The molecule has 192 valence electrons. The van der Waals surface area contributed by atoms with Crippen molar-refractivity contribution < 1.29 is 33.9 Å². The monoisotopic (exact) mass is 490 g/mol. The quantitative estimate of drug-likeness (QED) is 0.494. The van der Waals surface area contributed by atoms with Crippen LogP contribution < -0.4 is 5.32 Å². The number of carbonyl (C=O) groups is 2. The summed E-state index contributed by atoms with van der Waals surface area (Å²) >= 11 is 0. The van der Waals surface area contributed by atoms with Gasteiger partial charge in [-0.25, -0.2) is 19.6 Å². The fourth-order valence-corrected chi connectivity index (χ4v) is 6.31. The van der Waals surface area contributed by atoms with E-state index in [1.165, 1.54) is 12.5 Å². The summed E-state index contributed by atoms with van der Waals surface area (Å²) in [6.45, 7) is 6.40. The summed E-state index contributed by atoms with van der Waals surface area (Å²) in [5, 5.41) is 12.0. The molecule has 4 aliphatic heterocycles. The van der Waals surface area contributed by atoms with Gasteiger partial charge in [-0.05, 0) is 32.1 Å². The maximum absolute atomic E-state index is 12.5. The number of carboxylic acid groups (broad SMARTS) is 1. The Kier molecular flexibility index (Phi) is 6.35. The summed E-state index contributed by atoms with van der Waals surface area (Å²) in [5.41, 5.74) is -0.0285. The van der Waals surface area contributed by atoms with Crippen molar-refractivity contribution in [3.8, 4) is 0 Å². The van der Waals surface area contributed by atoms with E-state index >= 15 is 0 Å². The predicted octanol–water partition coefficient (Wildman–Crippen LogP) is 2.19. The van der Waals surface area contributed by atoms with Crippen molar-refractivity contribution in [1.82, 2.24) is 15.3 Å². The molecular weight excluding hydrogens is 456 g/mol. The second-order valence-electron chi connectivity index (χ2n) is 10.5. The van der Waals surface area contributed by atoms with Crippen LogP contribution in [0.15, 0.2) is 17.5 Å². The highest BCUT2D eigenvalue weighted by Crippen LogP contribution is 2.59. The van der Waals surface area contributed by atoms with Gasteiger partial charge in [0.05, 0.1) is 12.9 Å².